The molecule has 0 aliphatic rings. The van der Waals surface area contributed by atoms with E-state index in [9.17, 15) is 4.39 Å². The Kier molecular flexibility index (Phi) is 3.58. The summed E-state index contributed by atoms with van der Waals surface area (Å²) in [6, 6.07) is 9.67. The largest absolute Gasteiger partial charge is 0.495 e. The number of hydrogen-bond donors (Lipinski definition) is 2. The molecule has 5 heteroatoms. The minimum absolute atomic E-state index is 0.194. The normalized spacial score (nSPS) is 10.2. The van der Waals surface area contributed by atoms with Gasteiger partial charge in [0.25, 0.3) is 0 Å². The van der Waals surface area contributed by atoms with Crippen LogP contribution in [0.1, 0.15) is 0 Å². The molecule has 18 heavy (non-hydrogen) atoms. The van der Waals surface area contributed by atoms with Crippen LogP contribution in [0, 0.1) is 5.82 Å². The second-order valence-corrected chi connectivity index (χ2v) is 4.05. The highest BCUT2D eigenvalue weighted by Crippen LogP contribution is 2.34. The van der Waals surface area contributed by atoms with Gasteiger partial charge in [-0.05, 0) is 24.3 Å². The predicted molar refractivity (Wildman–Crippen MR) is 72.1 cm³/mol. The van der Waals surface area contributed by atoms with Gasteiger partial charge in [-0.25, -0.2) is 4.39 Å². The van der Waals surface area contributed by atoms with E-state index in [-0.39, 0.29) is 10.7 Å². The fraction of sp³-hybridized carbons (Fsp3) is 0.0769. The molecule has 0 amide bonds. The van der Waals surface area contributed by atoms with Crippen LogP contribution in [0.3, 0.4) is 0 Å². The van der Waals surface area contributed by atoms with E-state index in [1.165, 1.54) is 19.2 Å². The molecule has 0 aromatic heterocycles. The van der Waals surface area contributed by atoms with E-state index in [2.05, 4.69) is 5.32 Å². The summed E-state index contributed by atoms with van der Waals surface area (Å²) in [6.07, 6.45) is 0. The average Bonchev–Trinajstić information content (AvgIpc) is 2.36. The van der Waals surface area contributed by atoms with E-state index in [0.29, 0.717) is 17.1 Å². The first-order valence-electron chi connectivity index (χ1n) is 5.27. The molecule has 0 heterocycles. The van der Waals surface area contributed by atoms with Crippen molar-refractivity contribution >= 4 is 28.7 Å². The first-order valence-corrected chi connectivity index (χ1v) is 5.65. The second-order valence-electron chi connectivity index (χ2n) is 3.64. The fourth-order valence-electron chi connectivity index (χ4n) is 1.58. The van der Waals surface area contributed by atoms with Gasteiger partial charge in [0.05, 0.1) is 29.2 Å². The Balaban J connectivity index is 2.40. The van der Waals surface area contributed by atoms with Crippen molar-refractivity contribution in [3.05, 3.63) is 47.2 Å². The lowest BCUT2D eigenvalue weighted by molar-refractivity contribution is 0.417. The van der Waals surface area contributed by atoms with Crippen LogP contribution in [0.25, 0.3) is 0 Å². The van der Waals surface area contributed by atoms with Crippen LogP contribution < -0.4 is 15.8 Å². The highest BCUT2D eigenvalue weighted by molar-refractivity contribution is 6.33. The zero-order valence-corrected chi connectivity index (χ0v) is 10.5. The molecule has 3 N–H and O–H groups in total. The molecule has 0 atom stereocenters. The number of methoxy groups -OCH3 is 1. The van der Waals surface area contributed by atoms with Crippen molar-refractivity contribution < 1.29 is 9.13 Å². The zero-order valence-electron chi connectivity index (χ0n) is 9.71. The zero-order chi connectivity index (χ0) is 13.1. The molecular weight excluding hydrogens is 255 g/mol. The van der Waals surface area contributed by atoms with Crippen molar-refractivity contribution in [2.75, 3.05) is 18.2 Å². The second kappa shape index (κ2) is 5.14. The van der Waals surface area contributed by atoms with Crippen molar-refractivity contribution in [1.82, 2.24) is 0 Å². The highest BCUT2D eigenvalue weighted by Gasteiger charge is 2.10. The first kappa shape index (κ1) is 12.5. The maximum absolute atomic E-state index is 13.6. The third-order valence-electron chi connectivity index (χ3n) is 2.51. The van der Waals surface area contributed by atoms with Crippen molar-refractivity contribution in [2.24, 2.45) is 0 Å². The summed E-state index contributed by atoms with van der Waals surface area (Å²) in [5, 5.41) is 3.16. The lowest BCUT2D eigenvalue weighted by Gasteiger charge is -2.13. The molecule has 2 aromatic carbocycles. The van der Waals surface area contributed by atoms with Crippen LogP contribution in [0.15, 0.2) is 36.4 Å². The van der Waals surface area contributed by atoms with Crippen molar-refractivity contribution in [3.8, 4) is 5.75 Å². The van der Waals surface area contributed by atoms with Gasteiger partial charge in [0.15, 0.2) is 0 Å². The summed E-state index contributed by atoms with van der Waals surface area (Å²) in [5.74, 6) is 0.0807. The Labute approximate surface area is 109 Å². The third kappa shape index (κ3) is 2.33. The highest BCUT2D eigenvalue weighted by atomic mass is 35.5. The molecule has 0 unspecified atom stereocenters. The number of nitrogen functional groups attached to an aromatic ring is 1. The lowest BCUT2D eigenvalue weighted by Crippen LogP contribution is -2.00. The number of nitrogens with two attached hydrogens (primary N) is 1. The van der Waals surface area contributed by atoms with E-state index in [0.717, 1.165) is 0 Å². The molecule has 3 nitrogen and oxygen atoms in total. The standard InChI is InChI=1S/C13H12ClFN2O/c1-18-11-7-3-6-10(12(11)16)17-13-8(14)4-2-5-9(13)15/h2-7,17H,16H2,1H3. The molecule has 0 radical (unpaired) electrons. The van der Waals surface area contributed by atoms with E-state index >= 15 is 0 Å². The number of nitrogens with one attached hydrogen (secondary N) is 1. The Bertz CT molecular complexity index is 555. The molecule has 0 fully saturated rings. The Morgan fingerprint density at radius 1 is 1.22 bits per heavy atom. The van der Waals surface area contributed by atoms with Gasteiger partial charge in [0, 0.05) is 0 Å². The van der Waals surface area contributed by atoms with Crippen molar-refractivity contribution in [2.45, 2.75) is 0 Å². The summed E-state index contributed by atoms with van der Waals surface area (Å²) >= 11 is 5.93. The van der Waals surface area contributed by atoms with E-state index in [4.69, 9.17) is 22.1 Å². The van der Waals surface area contributed by atoms with Crippen LogP contribution in [0.5, 0.6) is 5.75 Å². The fourth-order valence-corrected chi connectivity index (χ4v) is 1.79. The number of benzene rings is 2. The Morgan fingerprint density at radius 2 is 1.94 bits per heavy atom. The molecule has 0 spiro atoms. The van der Waals surface area contributed by atoms with Crippen molar-refractivity contribution in [3.63, 3.8) is 0 Å². The molecule has 2 aromatic rings. The molecule has 0 bridgehead atoms. The molecule has 0 aliphatic heterocycles. The van der Waals surface area contributed by atoms with Crippen LogP contribution in [0.2, 0.25) is 5.02 Å². The van der Waals surface area contributed by atoms with Gasteiger partial charge in [-0.2, -0.15) is 0 Å². The molecular formula is C13H12ClFN2O. The number of hydrogen-bond acceptors (Lipinski definition) is 3. The van der Waals surface area contributed by atoms with Gasteiger partial charge in [-0.3, -0.25) is 0 Å². The summed E-state index contributed by atoms with van der Waals surface area (Å²) < 4.78 is 18.7. The Hall–Kier alpha value is -1.94. The summed E-state index contributed by atoms with van der Waals surface area (Å²) in [5.41, 5.74) is 7.03. The SMILES string of the molecule is COc1cccc(Nc2c(F)cccc2Cl)c1N. The molecule has 94 valence electrons. The van der Waals surface area contributed by atoms with Crippen LogP contribution >= 0.6 is 11.6 Å². The van der Waals surface area contributed by atoms with E-state index < -0.39 is 5.82 Å². The number of rotatable bonds is 3. The van der Waals surface area contributed by atoms with Crippen LogP contribution in [-0.4, -0.2) is 7.11 Å². The van der Waals surface area contributed by atoms with Gasteiger partial charge >= 0.3 is 0 Å². The van der Waals surface area contributed by atoms with E-state index in [1.54, 1.807) is 24.3 Å². The van der Waals surface area contributed by atoms with Gasteiger partial charge in [0.1, 0.15) is 11.6 Å². The van der Waals surface area contributed by atoms with Gasteiger partial charge in [0.2, 0.25) is 0 Å². The topological polar surface area (TPSA) is 47.3 Å². The molecule has 0 saturated carbocycles. The number of anilines is 3. The van der Waals surface area contributed by atoms with Gasteiger partial charge in [-0.1, -0.05) is 23.7 Å². The Morgan fingerprint density at radius 3 is 2.61 bits per heavy atom. The molecule has 0 saturated heterocycles. The van der Waals surface area contributed by atoms with Gasteiger partial charge in [-0.15, -0.1) is 0 Å². The third-order valence-corrected chi connectivity index (χ3v) is 2.82. The maximum atomic E-state index is 13.6. The van der Waals surface area contributed by atoms with Gasteiger partial charge < -0.3 is 15.8 Å². The minimum atomic E-state index is -0.440. The summed E-state index contributed by atoms with van der Waals surface area (Å²) in [7, 11) is 1.52. The summed E-state index contributed by atoms with van der Waals surface area (Å²) in [6.45, 7) is 0. The lowest BCUT2D eigenvalue weighted by atomic mass is 10.2. The quantitative estimate of drug-likeness (QED) is 0.831. The maximum Gasteiger partial charge on any atom is 0.148 e. The number of para-hydroxylation sites is 2. The minimum Gasteiger partial charge on any atom is -0.495 e. The number of ether oxygens (including phenoxy) is 1. The van der Waals surface area contributed by atoms with Crippen LogP contribution in [-0.2, 0) is 0 Å². The molecule has 0 aliphatic carbocycles. The average molecular weight is 267 g/mol. The first-order chi connectivity index (χ1) is 8.63. The smallest absolute Gasteiger partial charge is 0.148 e. The van der Waals surface area contributed by atoms with Crippen LogP contribution in [0.4, 0.5) is 21.5 Å². The van der Waals surface area contributed by atoms with E-state index in [1.807, 2.05) is 0 Å². The predicted octanol–water partition coefficient (Wildman–Crippen LogP) is 3.81. The van der Waals surface area contributed by atoms with Crippen molar-refractivity contribution in [1.29, 1.82) is 0 Å². The molecule has 2 rings (SSSR count). The monoisotopic (exact) mass is 266 g/mol. The number of halogens is 2. The summed E-state index contributed by atoms with van der Waals surface area (Å²) in [4.78, 5) is 0.